The molecule has 1 aromatic carbocycles. The molecule has 6 heteroatoms. The van der Waals surface area contributed by atoms with E-state index in [0.717, 1.165) is 22.7 Å². The molecule has 1 aliphatic heterocycles. The van der Waals surface area contributed by atoms with E-state index in [-0.39, 0.29) is 5.78 Å². The van der Waals surface area contributed by atoms with Gasteiger partial charge in [-0.25, -0.2) is 0 Å². The molecule has 1 aliphatic rings. The molecule has 0 bridgehead atoms. The van der Waals surface area contributed by atoms with Gasteiger partial charge >= 0.3 is 0 Å². The second-order valence-corrected chi connectivity index (χ2v) is 5.96. The number of carbonyl (C=O) groups is 1. The summed E-state index contributed by atoms with van der Waals surface area (Å²) < 4.78 is 15.9. The largest absolute Gasteiger partial charge is 0.497 e. The van der Waals surface area contributed by atoms with E-state index in [1.807, 2.05) is 17.0 Å². The number of hydrogen-bond donors (Lipinski definition) is 0. The first-order chi connectivity index (χ1) is 11.6. The fourth-order valence-electron chi connectivity index (χ4n) is 2.61. The number of carbonyl (C=O) groups excluding carboxylic acids is 1. The number of methoxy groups -OCH3 is 3. The van der Waals surface area contributed by atoms with Crippen molar-refractivity contribution in [2.45, 2.75) is 19.3 Å². The number of allylic oxidation sites excluding steroid dienone is 1. The van der Waals surface area contributed by atoms with E-state index in [0.29, 0.717) is 37.5 Å². The van der Waals surface area contributed by atoms with E-state index in [4.69, 9.17) is 26.4 Å². The van der Waals surface area contributed by atoms with Crippen LogP contribution in [0.5, 0.6) is 11.5 Å². The molecule has 0 spiro atoms. The zero-order valence-electron chi connectivity index (χ0n) is 14.3. The molecular formula is C18H23NO4S. The van der Waals surface area contributed by atoms with E-state index in [1.165, 1.54) is 0 Å². The van der Waals surface area contributed by atoms with Crippen LogP contribution in [0.4, 0.5) is 0 Å². The molecule has 0 atom stereocenters. The van der Waals surface area contributed by atoms with Crippen molar-refractivity contribution in [3.63, 3.8) is 0 Å². The number of nitrogens with zero attached hydrogens (tertiary/aromatic N) is 1. The lowest BCUT2D eigenvalue weighted by molar-refractivity contribution is -0.114. The molecule has 130 valence electrons. The monoisotopic (exact) mass is 349 g/mol. The minimum atomic E-state index is 0.0942. The maximum absolute atomic E-state index is 12.2. The molecule has 1 aromatic rings. The van der Waals surface area contributed by atoms with Gasteiger partial charge in [0, 0.05) is 37.8 Å². The molecule has 0 unspecified atom stereocenters. The van der Waals surface area contributed by atoms with Gasteiger partial charge in [0.15, 0.2) is 5.78 Å². The summed E-state index contributed by atoms with van der Waals surface area (Å²) in [6.45, 7) is 1.11. The molecule has 0 N–H and O–H groups in total. The molecule has 0 radical (unpaired) electrons. The lowest BCUT2D eigenvalue weighted by atomic mass is 10.0. The molecule has 24 heavy (non-hydrogen) atoms. The molecule has 0 saturated carbocycles. The number of rotatable bonds is 6. The van der Waals surface area contributed by atoms with Gasteiger partial charge in [-0.3, -0.25) is 4.79 Å². The van der Waals surface area contributed by atoms with Crippen LogP contribution in [0.15, 0.2) is 24.3 Å². The van der Waals surface area contributed by atoms with Crippen molar-refractivity contribution < 1.29 is 19.0 Å². The highest BCUT2D eigenvalue weighted by molar-refractivity contribution is 7.80. The van der Waals surface area contributed by atoms with E-state index in [9.17, 15) is 4.79 Å². The first kappa shape index (κ1) is 18.4. The van der Waals surface area contributed by atoms with Crippen molar-refractivity contribution in [1.29, 1.82) is 0 Å². The normalized spacial score (nSPS) is 17.8. The van der Waals surface area contributed by atoms with Crippen molar-refractivity contribution in [1.82, 2.24) is 4.90 Å². The first-order valence-corrected chi connectivity index (χ1v) is 8.27. The van der Waals surface area contributed by atoms with E-state index in [2.05, 4.69) is 0 Å². The van der Waals surface area contributed by atoms with Gasteiger partial charge in [-0.15, -0.1) is 0 Å². The molecule has 1 heterocycles. The van der Waals surface area contributed by atoms with Crippen molar-refractivity contribution in [3.05, 3.63) is 29.8 Å². The summed E-state index contributed by atoms with van der Waals surface area (Å²) in [5, 5.41) is 0. The highest BCUT2D eigenvalue weighted by atomic mass is 32.1. The Bertz CT molecular complexity index is 620. The van der Waals surface area contributed by atoms with Crippen LogP contribution < -0.4 is 9.47 Å². The van der Waals surface area contributed by atoms with Gasteiger partial charge in [-0.1, -0.05) is 12.2 Å². The number of ketones is 1. The molecule has 0 aliphatic carbocycles. The third-order valence-electron chi connectivity index (χ3n) is 3.87. The van der Waals surface area contributed by atoms with Crippen LogP contribution in [0, 0.1) is 0 Å². The molecule has 0 aromatic heterocycles. The zero-order chi connectivity index (χ0) is 17.5. The smallest absolute Gasteiger partial charge is 0.157 e. The first-order valence-electron chi connectivity index (χ1n) is 7.86. The molecule has 2 rings (SSSR count). The topological polar surface area (TPSA) is 48.0 Å². The molecule has 0 saturated heterocycles. The Morgan fingerprint density at radius 3 is 2.33 bits per heavy atom. The van der Waals surface area contributed by atoms with Crippen molar-refractivity contribution in [2.24, 2.45) is 0 Å². The number of hydrogen-bond acceptors (Lipinski definition) is 5. The number of benzene rings is 1. The Hall–Kier alpha value is -1.92. The summed E-state index contributed by atoms with van der Waals surface area (Å²) >= 11 is 5.58. The van der Waals surface area contributed by atoms with Gasteiger partial charge in [-0.05, 0) is 25.0 Å². The van der Waals surface area contributed by atoms with Crippen LogP contribution in [-0.2, 0) is 9.53 Å². The maximum Gasteiger partial charge on any atom is 0.157 e. The fourth-order valence-corrected chi connectivity index (χ4v) is 2.94. The number of thiocarbonyl (C=S) groups is 1. The minimum Gasteiger partial charge on any atom is -0.497 e. The summed E-state index contributed by atoms with van der Waals surface area (Å²) in [6, 6.07) is 5.56. The lowest BCUT2D eigenvalue weighted by Crippen LogP contribution is -2.32. The van der Waals surface area contributed by atoms with Crippen LogP contribution >= 0.6 is 12.2 Å². The SMILES string of the molecule is COCCN1C(=S)CCCC(=O)/C=C\1c1cc(OC)cc(OC)c1. The average molecular weight is 349 g/mol. The van der Waals surface area contributed by atoms with Crippen LogP contribution in [-0.4, -0.2) is 50.2 Å². The van der Waals surface area contributed by atoms with Crippen LogP contribution in [0.2, 0.25) is 0 Å². The van der Waals surface area contributed by atoms with Gasteiger partial charge in [-0.2, -0.15) is 0 Å². The Labute approximate surface area is 148 Å². The summed E-state index contributed by atoms with van der Waals surface area (Å²) in [7, 11) is 4.85. The van der Waals surface area contributed by atoms with Gasteiger partial charge in [0.25, 0.3) is 0 Å². The van der Waals surface area contributed by atoms with Crippen LogP contribution in [0.25, 0.3) is 5.70 Å². The molecular weight excluding hydrogens is 326 g/mol. The number of ether oxygens (including phenoxy) is 3. The molecule has 5 nitrogen and oxygen atoms in total. The van der Waals surface area contributed by atoms with Gasteiger partial charge in [0.1, 0.15) is 11.5 Å². The highest BCUT2D eigenvalue weighted by Gasteiger charge is 2.21. The molecule has 0 fully saturated rings. The lowest BCUT2D eigenvalue weighted by Gasteiger charge is -2.29. The van der Waals surface area contributed by atoms with E-state index < -0.39 is 0 Å². The predicted molar refractivity (Wildman–Crippen MR) is 97.6 cm³/mol. The minimum absolute atomic E-state index is 0.0942. The second kappa shape index (κ2) is 8.80. The Kier molecular flexibility index (Phi) is 6.75. The maximum atomic E-state index is 12.2. The predicted octanol–water partition coefficient (Wildman–Crippen LogP) is 3.07. The van der Waals surface area contributed by atoms with Crippen molar-refractivity contribution in [2.75, 3.05) is 34.5 Å². The van der Waals surface area contributed by atoms with E-state index >= 15 is 0 Å². The van der Waals surface area contributed by atoms with Crippen LogP contribution in [0.1, 0.15) is 24.8 Å². The Morgan fingerprint density at radius 2 is 1.75 bits per heavy atom. The van der Waals surface area contributed by atoms with Crippen LogP contribution in [0.3, 0.4) is 0 Å². The summed E-state index contributed by atoms with van der Waals surface area (Å²) in [5.41, 5.74) is 1.60. The standard InChI is InChI=1S/C18H23NO4S/c1-21-8-7-19-17(11-14(20)5-4-6-18(19)24)13-9-15(22-2)12-16(10-13)23-3/h9-12H,4-8H2,1-3H3/b17-11-. The van der Waals surface area contributed by atoms with Gasteiger partial charge < -0.3 is 19.1 Å². The Morgan fingerprint density at radius 1 is 1.08 bits per heavy atom. The average Bonchev–Trinajstić information content (AvgIpc) is 2.59. The zero-order valence-corrected chi connectivity index (χ0v) is 15.1. The van der Waals surface area contributed by atoms with Gasteiger partial charge in [0.05, 0.1) is 31.5 Å². The quantitative estimate of drug-likeness (QED) is 0.736. The fraction of sp³-hybridized carbons (Fsp3) is 0.444. The highest BCUT2D eigenvalue weighted by Crippen LogP contribution is 2.30. The third kappa shape index (κ3) is 4.55. The molecule has 0 amide bonds. The summed E-state index contributed by atoms with van der Waals surface area (Å²) in [4.78, 5) is 15.0. The van der Waals surface area contributed by atoms with Crippen molar-refractivity contribution >= 4 is 28.7 Å². The van der Waals surface area contributed by atoms with Crippen molar-refractivity contribution in [3.8, 4) is 11.5 Å². The second-order valence-electron chi connectivity index (χ2n) is 5.49. The third-order valence-corrected chi connectivity index (χ3v) is 4.29. The van der Waals surface area contributed by atoms with E-state index in [1.54, 1.807) is 33.5 Å². The Balaban J connectivity index is 2.51. The summed E-state index contributed by atoms with van der Waals surface area (Å²) in [6.07, 6.45) is 3.65. The van der Waals surface area contributed by atoms with Gasteiger partial charge in [0.2, 0.25) is 0 Å². The summed E-state index contributed by atoms with van der Waals surface area (Å²) in [5.74, 6) is 1.42.